The zero-order valence-corrected chi connectivity index (χ0v) is 12.1. The van der Waals surface area contributed by atoms with E-state index in [1.54, 1.807) is 0 Å². The van der Waals surface area contributed by atoms with Gasteiger partial charge in [-0.2, -0.15) is 10.2 Å². The molecule has 0 saturated heterocycles. The highest BCUT2D eigenvalue weighted by molar-refractivity contribution is 5.87. The van der Waals surface area contributed by atoms with Crippen molar-refractivity contribution >= 4 is 12.4 Å². The maximum absolute atomic E-state index is 3.78. The van der Waals surface area contributed by atoms with Gasteiger partial charge >= 0.3 is 0 Å². The maximum atomic E-state index is 3.78. The molecule has 0 atom stereocenters. The molecule has 0 aliphatic carbocycles. The van der Waals surface area contributed by atoms with Crippen LogP contribution in [-0.2, 0) is 0 Å². The van der Waals surface area contributed by atoms with Crippen LogP contribution in [0.4, 0.5) is 0 Å². The van der Waals surface area contributed by atoms with Gasteiger partial charge in [0.15, 0.2) is 0 Å². The Bertz CT molecular complexity index is 140. The van der Waals surface area contributed by atoms with Gasteiger partial charge in [-0.1, -0.05) is 62.3 Å². The Morgan fingerprint density at radius 1 is 0.733 bits per heavy atom. The summed E-state index contributed by atoms with van der Waals surface area (Å²) < 4.78 is 0. The van der Waals surface area contributed by atoms with E-state index in [0.29, 0.717) is 5.92 Å². The molecule has 0 spiro atoms. The van der Waals surface area contributed by atoms with E-state index in [1.165, 1.54) is 0 Å². The highest BCUT2D eigenvalue weighted by Gasteiger charge is 2.22. The van der Waals surface area contributed by atoms with E-state index in [4.69, 9.17) is 0 Å². The van der Waals surface area contributed by atoms with Crippen molar-refractivity contribution in [2.24, 2.45) is 21.5 Å². The van der Waals surface area contributed by atoms with Gasteiger partial charge < -0.3 is 0 Å². The molecule has 0 aromatic rings. The smallest absolute Gasteiger partial charge is 0.0382 e. The lowest BCUT2D eigenvalue weighted by atomic mass is 9.83. The van der Waals surface area contributed by atoms with Gasteiger partial charge in [0.1, 0.15) is 0 Å². The molecule has 0 unspecified atom stereocenters. The Hall–Kier alpha value is -0.660. The molecule has 92 valence electrons. The highest BCUT2D eigenvalue weighted by atomic mass is 15.2. The van der Waals surface area contributed by atoms with E-state index in [0.717, 1.165) is 0 Å². The molecule has 1 aliphatic rings. The molecule has 0 fully saturated rings. The lowest BCUT2D eigenvalue weighted by Crippen LogP contribution is -2.20. The Morgan fingerprint density at radius 3 is 1.13 bits per heavy atom. The van der Waals surface area contributed by atoms with Gasteiger partial charge in [-0.3, -0.25) is 0 Å². The number of hydrogen-bond donors (Lipinski definition) is 0. The normalized spacial score (nSPS) is 12.9. The van der Waals surface area contributed by atoms with Crippen LogP contribution in [0.1, 0.15) is 62.3 Å². The molecule has 0 aromatic heterocycles. The molecule has 1 aliphatic heterocycles. The molecule has 0 amide bonds. The third kappa shape index (κ3) is 11.3. The largest absolute Gasteiger partial charge is 0.163 e. The van der Waals surface area contributed by atoms with Crippen molar-refractivity contribution in [3.63, 3.8) is 0 Å². The Balaban J connectivity index is -0.000000208. The molecule has 1 heterocycles. The molecule has 2 nitrogen and oxygen atoms in total. The van der Waals surface area contributed by atoms with Gasteiger partial charge in [0.2, 0.25) is 0 Å². The van der Waals surface area contributed by atoms with Crippen molar-refractivity contribution in [1.29, 1.82) is 0 Å². The van der Waals surface area contributed by atoms with Crippen LogP contribution in [0.15, 0.2) is 10.2 Å². The lowest BCUT2D eigenvalue weighted by Gasteiger charge is -2.20. The number of hydrogen-bond acceptors (Lipinski definition) is 2. The summed E-state index contributed by atoms with van der Waals surface area (Å²) >= 11 is 0. The van der Waals surface area contributed by atoms with E-state index in [2.05, 4.69) is 31.0 Å². The van der Waals surface area contributed by atoms with Gasteiger partial charge in [-0.15, -0.1) is 0 Å². The minimum absolute atomic E-state index is 0.281. The Morgan fingerprint density at radius 2 is 1.00 bits per heavy atom. The minimum atomic E-state index is 0.281. The summed E-state index contributed by atoms with van der Waals surface area (Å²) in [4.78, 5) is 0. The van der Waals surface area contributed by atoms with Crippen molar-refractivity contribution in [2.45, 2.75) is 62.3 Å². The fraction of sp³-hybridized carbons (Fsp3) is 0.846. The summed E-state index contributed by atoms with van der Waals surface area (Å²) in [6.07, 6.45) is 3.78. The fourth-order valence-corrected chi connectivity index (χ4v) is 0.706. The van der Waals surface area contributed by atoms with Crippen molar-refractivity contribution in [3.8, 4) is 0 Å². The molecule has 0 N–H and O–H groups in total. The molecular weight excluding hydrogens is 184 g/mol. The summed E-state index contributed by atoms with van der Waals surface area (Å²) in [5.74, 6) is 0.428. The van der Waals surface area contributed by atoms with E-state index in [9.17, 15) is 0 Å². The first-order valence-electron chi connectivity index (χ1n) is 6.17. The highest BCUT2D eigenvalue weighted by Crippen LogP contribution is 2.24. The molecular formula is C13H30N2. The van der Waals surface area contributed by atoms with Crippen LogP contribution in [0.25, 0.3) is 0 Å². The fourth-order valence-electron chi connectivity index (χ4n) is 0.706. The first kappa shape index (κ1) is 19.8. The van der Waals surface area contributed by atoms with E-state index in [1.807, 2.05) is 54.0 Å². The van der Waals surface area contributed by atoms with Crippen LogP contribution >= 0.6 is 0 Å². The van der Waals surface area contributed by atoms with E-state index in [-0.39, 0.29) is 5.41 Å². The molecule has 0 aromatic carbocycles. The Kier molecular flexibility index (Phi) is 17.6. The first-order chi connectivity index (χ1) is 7.11. The van der Waals surface area contributed by atoms with Crippen LogP contribution in [0, 0.1) is 11.3 Å². The zero-order valence-electron chi connectivity index (χ0n) is 12.1. The van der Waals surface area contributed by atoms with E-state index < -0.39 is 0 Å². The monoisotopic (exact) mass is 214 g/mol. The van der Waals surface area contributed by atoms with Gasteiger partial charge in [-0.25, -0.2) is 0 Å². The first-order valence-corrected chi connectivity index (χ1v) is 6.17. The quantitative estimate of drug-likeness (QED) is 0.553. The molecule has 0 saturated carbocycles. The molecule has 0 bridgehead atoms. The van der Waals surface area contributed by atoms with Gasteiger partial charge in [0.25, 0.3) is 0 Å². The van der Waals surface area contributed by atoms with Crippen molar-refractivity contribution in [2.75, 3.05) is 0 Å². The SMILES string of the molecule is CC.CC.CC.CC(C)(C)C1C=NN=C1. The van der Waals surface area contributed by atoms with Crippen LogP contribution < -0.4 is 0 Å². The number of rotatable bonds is 0. The molecule has 0 radical (unpaired) electrons. The molecule has 2 heteroatoms. The van der Waals surface area contributed by atoms with Gasteiger partial charge in [0, 0.05) is 18.3 Å². The van der Waals surface area contributed by atoms with Crippen LogP contribution in [0.3, 0.4) is 0 Å². The number of nitrogens with zero attached hydrogens (tertiary/aromatic N) is 2. The average Bonchev–Trinajstić information content (AvgIpc) is 2.79. The maximum Gasteiger partial charge on any atom is 0.0382 e. The molecule has 15 heavy (non-hydrogen) atoms. The minimum Gasteiger partial charge on any atom is -0.163 e. The lowest BCUT2D eigenvalue weighted by molar-refractivity contribution is 0.389. The topological polar surface area (TPSA) is 24.7 Å². The van der Waals surface area contributed by atoms with Crippen LogP contribution in [0.5, 0.6) is 0 Å². The second-order valence-electron chi connectivity index (χ2n) is 3.42. The van der Waals surface area contributed by atoms with Crippen molar-refractivity contribution in [1.82, 2.24) is 0 Å². The standard InChI is InChI=1S/C7H12N2.3C2H6/c1-7(2,3)6-4-8-9-5-6;3*1-2/h4-6H,1-3H3;3*1-2H3. The third-order valence-electron chi connectivity index (χ3n) is 1.52. The zero-order chi connectivity index (χ0) is 12.9. The van der Waals surface area contributed by atoms with Crippen LogP contribution in [-0.4, -0.2) is 12.4 Å². The summed E-state index contributed by atoms with van der Waals surface area (Å²) in [7, 11) is 0. The summed E-state index contributed by atoms with van der Waals surface area (Å²) in [6.45, 7) is 18.5. The van der Waals surface area contributed by atoms with Crippen molar-refractivity contribution in [3.05, 3.63) is 0 Å². The Labute approximate surface area is 96.9 Å². The van der Waals surface area contributed by atoms with Crippen molar-refractivity contribution < 1.29 is 0 Å². The van der Waals surface area contributed by atoms with Gasteiger partial charge in [-0.05, 0) is 5.41 Å². The summed E-state index contributed by atoms with van der Waals surface area (Å²) in [6, 6.07) is 0. The average molecular weight is 214 g/mol. The predicted molar refractivity (Wildman–Crippen MR) is 74.0 cm³/mol. The molecule has 1 rings (SSSR count). The van der Waals surface area contributed by atoms with Gasteiger partial charge in [0.05, 0.1) is 0 Å². The second kappa shape index (κ2) is 13.3. The van der Waals surface area contributed by atoms with E-state index >= 15 is 0 Å². The van der Waals surface area contributed by atoms with Crippen LogP contribution in [0.2, 0.25) is 0 Å². The predicted octanol–water partition coefficient (Wildman–Crippen LogP) is 4.80. The summed E-state index contributed by atoms with van der Waals surface area (Å²) in [5.41, 5.74) is 0.281. The summed E-state index contributed by atoms with van der Waals surface area (Å²) in [5, 5.41) is 7.55. The second-order valence-corrected chi connectivity index (χ2v) is 3.42. The third-order valence-corrected chi connectivity index (χ3v) is 1.52.